The van der Waals surface area contributed by atoms with Crippen molar-refractivity contribution in [3.63, 3.8) is 0 Å². The Kier molecular flexibility index (Phi) is 5.70. The van der Waals surface area contributed by atoms with Gasteiger partial charge in [0, 0.05) is 0 Å². The first-order valence-electron chi connectivity index (χ1n) is 7.26. The Morgan fingerprint density at radius 1 is 1.08 bits per heavy atom. The third-order valence-electron chi connectivity index (χ3n) is 3.28. The van der Waals surface area contributed by atoms with E-state index in [4.69, 9.17) is 4.74 Å². The maximum Gasteiger partial charge on any atom is 0.339 e. The van der Waals surface area contributed by atoms with E-state index in [0.29, 0.717) is 10.4 Å². The summed E-state index contributed by atoms with van der Waals surface area (Å²) in [5.74, 6) is -1.60. The lowest BCUT2D eigenvalue weighted by Gasteiger charge is -2.11. The highest BCUT2D eigenvalue weighted by atomic mass is 32.1. The minimum Gasteiger partial charge on any atom is -0.452 e. The summed E-state index contributed by atoms with van der Waals surface area (Å²) in [7, 11) is 0. The fourth-order valence-corrected chi connectivity index (χ4v) is 2.96. The van der Waals surface area contributed by atoms with Crippen LogP contribution in [0.5, 0.6) is 0 Å². The molecule has 1 aromatic heterocycles. The van der Waals surface area contributed by atoms with Crippen LogP contribution in [-0.2, 0) is 9.53 Å². The van der Waals surface area contributed by atoms with Gasteiger partial charge >= 0.3 is 5.97 Å². The van der Waals surface area contributed by atoms with Crippen LogP contribution in [0, 0.1) is 20.8 Å². The highest BCUT2D eigenvalue weighted by Crippen LogP contribution is 2.17. The summed E-state index contributed by atoms with van der Waals surface area (Å²) in [6.07, 6.45) is 0. The standard InChI is InChI=1S/C17H18N2O4S/c1-10-7-11(2)15(12(3)8-10)17(22)23-9-14(20)18-19-16(21)13-5-4-6-24-13/h4-8H,9H2,1-3H3,(H,18,20)(H,19,21). The number of hydrazine groups is 1. The van der Waals surface area contributed by atoms with Gasteiger partial charge in [0.2, 0.25) is 0 Å². The van der Waals surface area contributed by atoms with E-state index in [0.717, 1.165) is 16.7 Å². The van der Waals surface area contributed by atoms with E-state index < -0.39 is 24.4 Å². The lowest BCUT2D eigenvalue weighted by molar-refractivity contribution is -0.125. The van der Waals surface area contributed by atoms with Crippen molar-refractivity contribution in [3.05, 3.63) is 56.8 Å². The molecule has 126 valence electrons. The average Bonchev–Trinajstić information content (AvgIpc) is 3.04. The lowest BCUT2D eigenvalue weighted by atomic mass is 10.00. The molecular formula is C17H18N2O4S. The number of nitrogens with one attached hydrogen (secondary N) is 2. The molecule has 24 heavy (non-hydrogen) atoms. The van der Waals surface area contributed by atoms with Gasteiger partial charge in [0.15, 0.2) is 6.61 Å². The van der Waals surface area contributed by atoms with E-state index in [1.54, 1.807) is 17.5 Å². The van der Waals surface area contributed by atoms with Gasteiger partial charge in [-0.15, -0.1) is 11.3 Å². The predicted octanol–water partition coefficient (Wildman–Crippen LogP) is 2.29. The first-order chi connectivity index (χ1) is 11.4. The minimum absolute atomic E-state index is 0.421. The summed E-state index contributed by atoms with van der Waals surface area (Å²) >= 11 is 1.25. The summed E-state index contributed by atoms with van der Waals surface area (Å²) in [6.45, 7) is 5.10. The number of amides is 2. The van der Waals surface area contributed by atoms with Gasteiger partial charge in [0.05, 0.1) is 10.4 Å². The van der Waals surface area contributed by atoms with Crippen molar-refractivity contribution in [3.8, 4) is 0 Å². The van der Waals surface area contributed by atoms with E-state index in [1.807, 2.05) is 32.9 Å². The molecule has 0 aliphatic heterocycles. The van der Waals surface area contributed by atoms with Crippen molar-refractivity contribution < 1.29 is 19.1 Å². The van der Waals surface area contributed by atoms with Gasteiger partial charge in [-0.05, 0) is 43.3 Å². The molecule has 6 nitrogen and oxygen atoms in total. The topological polar surface area (TPSA) is 84.5 Å². The molecule has 2 N–H and O–H groups in total. The van der Waals surface area contributed by atoms with Gasteiger partial charge in [0.25, 0.3) is 11.8 Å². The predicted molar refractivity (Wildman–Crippen MR) is 90.9 cm³/mol. The van der Waals surface area contributed by atoms with Gasteiger partial charge in [0.1, 0.15) is 0 Å². The second kappa shape index (κ2) is 7.74. The Bertz CT molecular complexity index is 746. The van der Waals surface area contributed by atoms with Crippen LogP contribution in [0.2, 0.25) is 0 Å². The number of hydrogen-bond donors (Lipinski definition) is 2. The highest BCUT2D eigenvalue weighted by Gasteiger charge is 2.16. The van der Waals surface area contributed by atoms with Crippen molar-refractivity contribution >= 4 is 29.1 Å². The molecule has 0 aliphatic rings. The van der Waals surface area contributed by atoms with Crippen molar-refractivity contribution in [2.75, 3.05) is 6.61 Å². The number of hydrogen-bond acceptors (Lipinski definition) is 5. The van der Waals surface area contributed by atoms with Gasteiger partial charge in [-0.1, -0.05) is 23.8 Å². The Morgan fingerprint density at radius 2 is 1.75 bits per heavy atom. The number of ether oxygens (including phenoxy) is 1. The SMILES string of the molecule is Cc1cc(C)c(C(=O)OCC(=O)NNC(=O)c2cccs2)c(C)c1. The average molecular weight is 346 g/mol. The van der Waals surface area contributed by atoms with Crippen LogP contribution < -0.4 is 10.9 Å². The molecule has 0 aliphatic carbocycles. The Morgan fingerprint density at radius 3 is 2.33 bits per heavy atom. The number of thiophene rings is 1. The molecule has 7 heteroatoms. The fourth-order valence-electron chi connectivity index (χ4n) is 2.34. The van der Waals surface area contributed by atoms with Gasteiger partial charge in [-0.2, -0.15) is 0 Å². The van der Waals surface area contributed by atoms with Gasteiger partial charge in [-0.3, -0.25) is 20.4 Å². The van der Waals surface area contributed by atoms with Gasteiger partial charge < -0.3 is 4.74 Å². The van der Waals surface area contributed by atoms with Crippen LogP contribution in [0.4, 0.5) is 0 Å². The third kappa shape index (κ3) is 4.42. The summed E-state index contributed by atoms with van der Waals surface area (Å²) in [5, 5.41) is 1.75. The Balaban J connectivity index is 1.86. The molecule has 1 aromatic carbocycles. The molecule has 0 unspecified atom stereocenters. The summed E-state index contributed by atoms with van der Waals surface area (Å²) in [4.78, 5) is 36.0. The molecular weight excluding hydrogens is 328 g/mol. The molecule has 2 aromatic rings. The van der Waals surface area contributed by atoms with Crippen molar-refractivity contribution in [2.45, 2.75) is 20.8 Å². The van der Waals surface area contributed by atoms with Crippen molar-refractivity contribution in [1.29, 1.82) is 0 Å². The second-order valence-corrected chi connectivity index (χ2v) is 6.28. The third-order valence-corrected chi connectivity index (χ3v) is 4.14. The zero-order chi connectivity index (χ0) is 17.7. The zero-order valence-corrected chi connectivity index (χ0v) is 14.5. The summed E-state index contributed by atoms with van der Waals surface area (Å²) < 4.78 is 5.01. The first kappa shape index (κ1) is 17.7. The molecule has 0 radical (unpaired) electrons. The fraction of sp³-hybridized carbons (Fsp3) is 0.235. The smallest absolute Gasteiger partial charge is 0.339 e. The molecule has 2 amide bonds. The van der Waals surface area contributed by atoms with E-state index in [2.05, 4.69) is 10.9 Å². The van der Waals surface area contributed by atoms with Crippen LogP contribution >= 0.6 is 11.3 Å². The maximum atomic E-state index is 12.1. The molecule has 0 spiro atoms. The molecule has 0 saturated heterocycles. The normalized spacial score (nSPS) is 10.1. The Labute approximate surface area is 143 Å². The Hall–Kier alpha value is -2.67. The first-order valence-corrected chi connectivity index (χ1v) is 8.14. The van der Waals surface area contributed by atoms with Crippen LogP contribution in [0.3, 0.4) is 0 Å². The molecule has 0 saturated carbocycles. The molecule has 2 rings (SSSR count). The number of carbonyl (C=O) groups is 3. The molecule has 1 heterocycles. The number of benzene rings is 1. The molecule has 0 bridgehead atoms. The maximum absolute atomic E-state index is 12.1. The van der Waals surface area contributed by atoms with Crippen LogP contribution in [0.25, 0.3) is 0 Å². The molecule has 0 atom stereocenters. The number of rotatable bonds is 4. The second-order valence-electron chi connectivity index (χ2n) is 5.33. The number of aryl methyl sites for hydroxylation is 3. The highest BCUT2D eigenvalue weighted by molar-refractivity contribution is 7.12. The van der Waals surface area contributed by atoms with Gasteiger partial charge in [-0.25, -0.2) is 4.79 Å². The quantitative estimate of drug-likeness (QED) is 0.657. The van der Waals surface area contributed by atoms with E-state index in [9.17, 15) is 14.4 Å². The minimum atomic E-state index is -0.615. The van der Waals surface area contributed by atoms with Crippen LogP contribution in [0.1, 0.15) is 36.7 Å². The molecule has 0 fully saturated rings. The summed E-state index contributed by atoms with van der Waals surface area (Å²) in [5.41, 5.74) is 7.56. The summed E-state index contributed by atoms with van der Waals surface area (Å²) in [6, 6.07) is 7.13. The van der Waals surface area contributed by atoms with Crippen molar-refractivity contribution in [1.82, 2.24) is 10.9 Å². The van der Waals surface area contributed by atoms with Crippen molar-refractivity contribution in [2.24, 2.45) is 0 Å². The van der Waals surface area contributed by atoms with Crippen LogP contribution in [0.15, 0.2) is 29.6 Å². The lowest BCUT2D eigenvalue weighted by Crippen LogP contribution is -2.43. The van der Waals surface area contributed by atoms with E-state index in [1.165, 1.54) is 11.3 Å². The largest absolute Gasteiger partial charge is 0.452 e. The van der Waals surface area contributed by atoms with E-state index >= 15 is 0 Å². The van der Waals surface area contributed by atoms with Crippen LogP contribution in [-0.4, -0.2) is 24.4 Å². The number of carbonyl (C=O) groups excluding carboxylic acids is 3. The van der Waals surface area contributed by atoms with E-state index in [-0.39, 0.29) is 0 Å². The number of esters is 1. The zero-order valence-electron chi connectivity index (χ0n) is 13.6. The monoisotopic (exact) mass is 346 g/mol.